The van der Waals surface area contributed by atoms with E-state index in [2.05, 4.69) is 0 Å². The Morgan fingerprint density at radius 2 is 1.71 bits per heavy atom. The topological polar surface area (TPSA) is 35.2 Å². The molecule has 0 amide bonds. The first-order valence-corrected chi connectivity index (χ1v) is 5.85. The Bertz CT molecular complexity index is 654. The van der Waals surface area contributed by atoms with Gasteiger partial charge in [0, 0.05) is 6.54 Å². The van der Waals surface area contributed by atoms with Gasteiger partial charge in [0.15, 0.2) is 11.6 Å². The van der Waals surface area contributed by atoms with Gasteiger partial charge in [0.2, 0.25) is 5.82 Å². The average Bonchev–Trinajstić information content (AvgIpc) is 2.43. The second kappa shape index (κ2) is 5.69. The average molecular weight is 303 g/mol. The minimum atomic E-state index is -4.70. The number of hydrogen-bond acceptors (Lipinski definition) is 2. The second-order valence-electron chi connectivity index (χ2n) is 4.19. The van der Waals surface area contributed by atoms with Crippen molar-refractivity contribution in [2.24, 2.45) is 5.73 Å². The quantitative estimate of drug-likeness (QED) is 0.861. The van der Waals surface area contributed by atoms with Crippen molar-refractivity contribution in [3.63, 3.8) is 0 Å². The highest BCUT2D eigenvalue weighted by atomic mass is 19.4. The predicted molar refractivity (Wildman–Crippen MR) is 65.8 cm³/mol. The number of hydrogen-bond donors (Lipinski definition) is 1. The van der Waals surface area contributed by atoms with Crippen molar-refractivity contribution in [1.29, 1.82) is 0 Å². The fraction of sp³-hybridized carbons (Fsp3) is 0.143. The summed E-state index contributed by atoms with van der Waals surface area (Å²) in [6.45, 7) is -0.0856. The van der Waals surface area contributed by atoms with E-state index in [0.717, 1.165) is 30.3 Å². The summed E-state index contributed by atoms with van der Waals surface area (Å²) in [5.41, 5.74) is 4.43. The molecule has 2 N–H and O–H groups in total. The summed E-state index contributed by atoms with van der Waals surface area (Å²) in [5.74, 6) is -3.81. The van der Waals surface area contributed by atoms with Gasteiger partial charge in [0.25, 0.3) is 0 Å². The summed E-state index contributed by atoms with van der Waals surface area (Å²) in [5, 5.41) is 0. The van der Waals surface area contributed by atoms with Gasteiger partial charge in [0.1, 0.15) is 5.75 Å². The third-order valence-corrected chi connectivity index (χ3v) is 2.72. The Labute approximate surface area is 116 Å². The molecule has 112 valence electrons. The highest BCUT2D eigenvalue weighted by Gasteiger charge is 2.35. The summed E-state index contributed by atoms with van der Waals surface area (Å²) in [6, 6.07) is 6.17. The molecule has 0 aliphatic heterocycles. The number of halogens is 5. The van der Waals surface area contributed by atoms with Crippen molar-refractivity contribution in [3.05, 3.63) is 59.2 Å². The number of benzene rings is 2. The van der Waals surface area contributed by atoms with Gasteiger partial charge in [-0.2, -0.15) is 17.6 Å². The Morgan fingerprint density at radius 1 is 1.00 bits per heavy atom. The van der Waals surface area contributed by atoms with Crippen molar-refractivity contribution in [1.82, 2.24) is 0 Å². The van der Waals surface area contributed by atoms with Gasteiger partial charge >= 0.3 is 6.18 Å². The van der Waals surface area contributed by atoms with Gasteiger partial charge in [-0.05, 0) is 29.8 Å². The number of alkyl halides is 3. The van der Waals surface area contributed by atoms with Gasteiger partial charge in [-0.1, -0.05) is 12.1 Å². The minimum absolute atomic E-state index is 0.0856. The molecule has 0 spiro atoms. The lowest BCUT2D eigenvalue weighted by Crippen LogP contribution is -2.09. The molecule has 0 saturated heterocycles. The van der Waals surface area contributed by atoms with Crippen LogP contribution in [0.25, 0.3) is 0 Å². The van der Waals surface area contributed by atoms with E-state index in [0.29, 0.717) is 0 Å². The molecular weight excluding hydrogens is 293 g/mol. The first-order valence-electron chi connectivity index (χ1n) is 5.85. The van der Waals surface area contributed by atoms with Gasteiger partial charge in [-0.3, -0.25) is 0 Å². The molecule has 0 aromatic heterocycles. The van der Waals surface area contributed by atoms with Crippen LogP contribution in [0.15, 0.2) is 36.4 Å². The van der Waals surface area contributed by atoms with Crippen LogP contribution in [0, 0.1) is 11.6 Å². The van der Waals surface area contributed by atoms with Gasteiger partial charge in [-0.15, -0.1) is 0 Å². The molecule has 2 aromatic rings. The minimum Gasteiger partial charge on any atom is -0.454 e. The summed E-state index contributed by atoms with van der Waals surface area (Å²) in [4.78, 5) is 0. The van der Waals surface area contributed by atoms with Crippen LogP contribution in [0.2, 0.25) is 0 Å². The zero-order valence-electron chi connectivity index (χ0n) is 10.5. The fourth-order valence-electron chi connectivity index (χ4n) is 1.70. The molecule has 2 nitrogen and oxygen atoms in total. The largest absolute Gasteiger partial charge is 0.454 e. The molecular formula is C14H10F5NO. The van der Waals surface area contributed by atoms with E-state index >= 15 is 0 Å². The van der Waals surface area contributed by atoms with Crippen molar-refractivity contribution in [2.45, 2.75) is 12.7 Å². The molecule has 7 heteroatoms. The maximum absolute atomic E-state index is 13.5. The van der Waals surface area contributed by atoms with E-state index in [9.17, 15) is 22.0 Å². The third kappa shape index (κ3) is 3.30. The fourth-order valence-corrected chi connectivity index (χ4v) is 1.70. The van der Waals surface area contributed by atoms with Crippen LogP contribution in [0.3, 0.4) is 0 Å². The molecule has 0 aliphatic rings. The zero-order chi connectivity index (χ0) is 15.6. The predicted octanol–water partition coefficient (Wildman–Crippen LogP) is 4.23. The summed E-state index contributed by atoms with van der Waals surface area (Å²) in [7, 11) is 0. The van der Waals surface area contributed by atoms with Gasteiger partial charge in [-0.25, -0.2) is 4.39 Å². The highest BCUT2D eigenvalue weighted by molar-refractivity contribution is 5.42. The van der Waals surface area contributed by atoms with Crippen LogP contribution >= 0.6 is 0 Å². The summed E-state index contributed by atoms with van der Waals surface area (Å²) >= 11 is 0. The monoisotopic (exact) mass is 303 g/mol. The van der Waals surface area contributed by atoms with Crippen LogP contribution in [-0.4, -0.2) is 0 Å². The summed E-state index contributed by atoms with van der Waals surface area (Å²) in [6.07, 6.45) is -4.70. The van der Waals surface area contributed by atoms with Crippen LogP contribution < -0.4 is 10.5 Å². The SMILES string of the molecule is NCc1ccc(Oc2cccc(F)c2F)c(C(F)(F)F)c1. The van der Waals surface area contributed by atoms with E-state index in [1.807, 2.05) is 0 Å². The van der Waals surface area contributed by atoms with Crippen LogP contribution in [-0.2, 0) is 12.7 Å². The van der Waals surface area contributed by atoms with Crippen LogP contribution in [0.4, 0.5) is 22.0 Å². The molecule has 0 atom stereocenters. The van der Waals surface area contributed by atoms with Crippen LogP contribution in [0.5, 0.6) is 11.5 Å². The van der Waals surface area contributed by atoms with E-state index < -0.39 is 34.9 Å². The maximum atomic E-state index is 13.5. The molecule has 2 aromatic carbocycles. The molecule has 0 saturated carbocycles. The van der Waals surface area contributed by atoms with Crippen LogP contribution in [0.1, 0.15) is 11.1 Å². The number of ether oxygens (including phenoxy) is 1. The molecule has 0 radical (unpaired) electrons. The standard InChI is InChI=1S/C14H10F5NO/c15-10-2-1-3-12(13(10)16)21-11-5-4-8(7-20)6-9(11)14(17,18)19/h1-6H,7,20H2. The lowest BCUT2D eigenvalue weighted by molar-refractivity contribution is -0.138. The highest BCUT2D eigenvalue weighted by Crippen LogP contribution is 2.39. The number of rotatable bonds is 3. The molecule has 0 bridgehead atoms. The third-order valence-electron chi connectivity index (χ3n) is 2.72. The maximum Gasteiger partial charge on any atom is 0.419 e. The normalized spacial score (nSPS) is 11.5. The van der Waals surface area contributed by atoms with Crippen molar-refractivity contribution in [3.8, 4) is 11.5 Å². The molecule has 0 fully saturated rings. The lowest BCUT2D eigenvalue weighted by atomic mass is 10.1. The summed E-state index contributed by atoms with van der Waals surface area (Å²) < 4.78 is 70.2. The molecule has 21 heavy (non-hydrogen) atoms. The lowest BCUT2D eigenvalue weighted by Gasteiger charge is -2.15. The Balaban J connectivity index is 2.46. The van der Waals surface area contributed by atoms with Crippen molar-refractivity contribution < 1.29 is 26.7 Å². The first kappa shape index (κ1) is 15.2. The smallest absolute Gasteiger partial charge is 0.419 e. The molecule has 2 rings (SSSR count). The first-order chi connectivity index (χ1) is 9.82. The zero-order valence-corrected chi connectivity index (χ0v) is 10.5. The van der Waals surface area contributed by atoms with Gasteiger partial charge < -0.3 is 10.5 Å². The van der Waals surface area contributed by atoms with E-state index in [1.165, 1.54) is 6.07 Å². The molecule has 0 aliphatic carbocycles. The van der Waals surface area contributed by atoms with E-state index in [4.69, 9.17) is 10.5 Å². The van der Waals surface area contributed by atoms with Crippen molar-refractivity contribution >= 4 is 0 Å². The van der Waals surface area contributed by atoms with E-state index in [1.54, 1.807) is 0 Å². The van der Waals surface area contributed by atoms with Gasteiger partial charge in [0.05, 0.1) is 5.56 Å². The second-order valence-corrected chi connectivity index (χ2v) is 4.19. The Kier molecular flexibility index (Phi) is 4.13. The molecule has 0 unspecified atom stereocenters. The molecule has 0 heterocycles. The van der Waals surface area contributed by atoms with E-state index in [-0.39, 0.29) is 12.1 Å². The Morgan fingerprint density at radius 3 is 2.33 bits per heavy atom. The van der Waals surface area contributed by atoms with Crippen molar-refractivity contribution in [2.75, 3.05) is 0 Å². The Hall–Kier alpha value is -2.15. The number of nitrogens with two attached hydrogens (primary N) is 1.